The molecular weight excluding hydrogens is 316 g/mol. The Balaban J connectivity index is 2.33. The molecule has 1 fully saturated rings. The Morgan fingerprint density at radius 2 is 1.08 bits per heavy atom. The van der Waals surface area contributed by atoms with Crippen LogP contribution in [0.3, 0.4) is 0 Å². The van der Waals surface area contributed by atoms with Crippen LogP contribution in [0.5, 0.6) is 0 Å². The molecule has 0 N–H and O–H groups in total. The van der Waals surface area contributed by atoms with Crippen LogP contribution in [0.25, 0.3) is 0 Å². The minimum Gasteiger partial charge on any atom is -0.465 e. The summed E-state index contributed by atoms with van der Waals surface area (Å²) in [6, 6.07) is 0. The van der Waals surface area contributed by atoms with Crippen molar-refractivity contribution in [3.05, 3.63) is 0 Å². The van der Waals surface area contributed by atoms with Gasteiger partial charge in [0.25, 0.3) is 0 Å². The van der Waals surface area contributed by atoms with Gasteiger partial charge in [0.2, 0.25) is 0 Å². The van der Waals surface area contributed by atoms with Crippen molar-refractivity contribution in [1.29, 1.82) is 0 Å². The maximum Gasteiger partial charge on any atom is 0.323 e. The molecule has 0 aromatic carbocycles. The van der Waals surface area contributed by atoms with Gasteiger partial charge in [-0.15, -0.1) is 0 Å². The van der Waals surface area contributed by atoms with Crippen LogP contribution in [0, 0.1) is 5.41 Å². The van der Waals surface area contributed by atoms with Gasteiger partial charge in [0.05, 0.1) is 13.2 Å². The third-order valence-electron chi connectivity index (χ3n) is 5.20. The third kappa shape index (κ3) is 7.79. The summed E-state index contributed by atoms with van der Waals surface area (Å²) < 4.78 is 10.9. The van der Waals surface area contributed by atoms with E-state index in [1.165, 1.54) is 38.5 Å². The molecule has 0 saturated heterocycles. The minimum atomic E-state index is -1.02. The lowest BCUT2D eigenvalue weighted by atomic mass is 9.86. The van der Waals surface area contributed by atoms with Crippen LogP contribution in [-0.4, -0.2) is 25.2 Å². The van der Waals surface area contributed by atoms with E-state index in [9.17, 15) is 9.59 Å². The number of carbonyl (C=O) groups excluding carboxylic acids is 2. The smallest absolute Gasteiger partial charge is 0.323 e. The SMILES string of the molecule is CCCCCCCOC(=O)C1(C(=O)OCCCCCCC)CCCC1. The molecule has 4 nitrogen and oxygen atoms in total. The fourth-order valence-corrected chi connectivity index (χ4v) is 3.49. The van der Waals surface area contributed by atoms with E-state index >= 15 is 0 Å². The van der Waals surface area contributed by atoms with Crippen molar-refractivity contribution in [2.24, 2.45) is 5.41 Å². The molecule has 1 rings (SSSR count). The molecular formula is C21H38O4. The van der Waals surface area contributed by atoms with Crippen LogP contribution in [0.1, 0.15) is 104 Å². The van der Waals surface area contributed by atoms with Crippen LogP contribution in [0.4, 0.5) is 0 Å². The lowest BCUT2D eigenvalue weighted by Gasteiger charge is -2.24. The largest absolute Gasteiger partial charge is 0.465 e. The Morgan fingerprint density at radius 1 is 0.680 bits per heavy atom. The number of unbranched alkanes of at least 4 members (excludes halogenated alkanes) is 8. The van der Waals surface area contributed by atoms with E-state index in [0.717, 1.165) is 38.5 Å². The Hall–Kier alpha value is -1.06. The predicted molar refractivity (Wildman–Crippen MR) is 100 cm³/mol. The van der Waals surface area contributed by atoms with Crippen LogP contribution in [0.2, 0.25) is 0 Å². The molecule has 4 heteroatoms. The van der Waals surface area contributed by atoms with Gasteiger partial charge >= 0.3 is 11.9 Å². The molecule has 0 aromatic rings. The highest BCUT2D eigenvalue weighted by molar-refractivity contribution is 6.00. The van der Waals surface area contributed by atoms with Gasteiger partial charge in [-0.05, 0) is 25.7 Å². The highest BCUT2D eigenvalue weighted by Crippen LogP contribution is 2.40. The molecule has 0 unspecified atom stereocenters. The lowest BCUT2D eigenvalue weighted by molar-refractivity contribution is -0.172. The first kappa shape index (κ1) is 22.0. The predicted octanol–water partition coefficient (Wildman–Crippen LogP) is 5.57. The van der Waals surface area contributed by atoms with Crippen molar-refractivity contribution in [2.75, 3.05) is 13.2 Å². The van der Waals surface area contributed by atoms with Gasteiger partial charge in [-0.3, -0.25) is 9.59 Å². The lowest BCUT2D eigenvalue weighted by Crippen LogP contribution is -2.40. The van der Waals surface area contributed by atoms with Crippen molar-refractivity contribution in [2.45, 2.75) is 104 Å². The van der Waals surface area contributed by atoms with Gasteiger partial charge in [0.15, 0.2) is 5.41 Å². The van der Waals surface area contributed by atoms with Gasteiger partial charge in [-0.25, -0.2) is 0 Å². The maximum atomic E-state index is 12.5. The fraction of sp³-hybridized carbons (Fsp3) is 0.905. The van der Waals surface area contributed by atoms with Gasteiger partial charge in [-0.2, -0.15) is 0 Å². The molecule has 0 aliphatic heterocycles. The summed E-state index contributed by atoms with van der Waals surface area (Å²) in [7, 11) is 0. The number of rotatable bonds is 14. The van der Waals surface area contributed by atoms with E-state index in [1.54, 1.807) is 0 Å². The van der Waals surface area contributed by atoms with Crippen LogP contribution >= 0.6 is 0 Å². The van der Waals surface area contributed by atoms with Crippen molar-refractivity contribution in [1.82, 2.24) is 0 Å². The number of esters is 2. The summed E-state index contributed by atoms with van der Waals surface area (Å²) in [5, 5.41) is 0. The number of hydrogen-bond donors (Lipinski definition) is 0. The molecule has 0 bridgehead atoms. The van der Waals surface area contributed by atoms with Crippen molar-refractivity contribution < 1.29 is 19.1 Å². The highest BCUT2D eigenvalue weighted by atomic mass is 16.6. The van der Waals surface area contributed by atoms with Gasteiger partial charge in [0, 0.05) is 0 Å². The number of carbonyl (C=O) groups is 2. The maximum absolute atomic E-state index is 12.5. The third-order valence-corrected chi connectivity index (χ3v) is 5.20. The second kappa shape index (κ2) is 13.2. The second-order valence-corrected chi connectivity index (χ2v) is 7.39. The molecule has 25 heavy (non-hydrogen) atoms. The molecule has 1 aliphatic carbocycles. The van der Waals surface area contributed by atoms with E-state index in [4.69, 9.17) is 9.47 Å². The van der Waals surface area contributed by atoms with E-state index in [-0.39, 0.29) is 11.9 Å². The molecule has 0 spiro atoms. The first-order valence-electron chi connectivity index (χ1n) is 10.5. The van der Waals surface area contributed by atoms with Crippen molar-refractivity contribution >= 4 is 11.9 Å². The van der Waals surface area contributed by atoms with Gasteiger partial charge in [0.1, 0.15) is 0 Å². The summed E-state index contributed by atoms with van der Waals surface area (Å²) in [6.45, 7) is 5.21. The van der Waals surface area contributed by atoms with Gasteiger partial charge in [-0.1, -0.05) is 78.1 Å². The fourth-order valence-electron chi connectivity index (χ4n) is 3.49. The zero-order chi connectivity index (χ0) is 18.4. The van der Waals surface area contributed by atoms with Crippen LogP contribution < -0.4 is 0 Å². The standard InChI is InChI=1S/C21H38O4/c1-3-5-7-9-13-17-24-19(22)21(15-11-12-16-21)20(23)25-18-14-10-8-6-4-2/h3-18H2,1-2H3. The summed E-state index contributed by atoms with van der Waals surface area (Å²) in [4.78, 5) is 25.1. The van der Waals surface area contributed by atoms with Gasteiger partial charge < -0.3 is 9.47 Å². The Kier molecular flexibility index (Phi) is 11.6. The summed E-state index contributed by atoms with van der Waals surface area (Å²) in [5.41, 5.74) is -1.02. The number of ether oxygens (including phenoxy) is 2. The zero-order valence-corrected chi connectivity index (χ0v) is 16.4. The van der Waals surface area contributed by atoms with Crippen LogP contribution in [0.15, 0.2) is 0 Å². The Bertz CT molecular complexity index is 342. The summed E-state index contributed by atoms with van der Waals surface area (Å²) in [5.74, 6) is -0.701. The van der Waals surface area contributed by atoms with E-state index < -0.39 is 5.41 Å². The Labute approximate surface area is 154 Å². The molecule has 0 aromatic heterocycles. The average Bonchev–Trinajstić information content (AvgIpc) is 3.12. The van der Waals surface area contributed by atoms with Crippen molar-refractivity contribution in [3.8, 4) is 0 Å². The first-order chi connectivity index (χ1) is 12.2. The first-order valence-corrected chi connectivity index (χ1v) is 10.5. The minimum absolute atomic E-state index is 0.350. The molecule has 0 atom stereocenters. The highest BCUT2D eigenvalue weighted by Gasteiger charge is 2.50. The number of hydrogen-bond acceptors (Lipinski definition) is 4. The quantitative estimate of drug-likeness (QED) is 0.232. The topological polar surface area (TPSA) is 52.6 Å². The summed E-state index contributed by atoms with van der Waals surface area (Å²) in [6.07, 6.45) is 14.1. The van der Waals surface area contributed by atoms with E-state index in [1.807, 2.05) is 0 Å². The normalized spacial score (nSPS) is 15.9. The van der Waals surface area contributed by atoms with Crippen LogP contribution in [-0.2, 0) is 19.1 Å². The molecule has 0 amide bonds. The monoisotopic (exact) mass is 354 g/mol. The van der Waals surface area contributed by atoms with E-state index in [2.05, 4.69) is 13.8 Å². The molecule has 1 saturated carbocycles. The summed E-state index contributed by atoms with van der Waals surface area (Å²) >= 11 is 0. The van der Waals surface area contributed by atoms with E-state index in [0.29, 0.717) is 26.1 Å². The molecule has 146 valence electrons. The molecule has 0 radical (unpaired) electrons. The average molecular weight is 355 g/mol. The van der Waals surface area contributed by atoms with Crippen molar-refractivity contribution in [3.63, 3.8) is 0 Å². The molecule has 0 heterocycles. The zero-order valence-electron chi connectivity index (χ0n) is 16.4. The Morgan fingerprint density at radius 3 is 1.48 bits per heavy atom. The second-order valence-electron chi connectivity index (χ2n) is 7.39. The molecule has 1 aliphatic rings.